The van der Waals surface area contributed by atoms with Crippen LogP contribution in [0.15, 0.2) is 48.7 Å². The number of hydrogen-bond donors (Lipinski definition) is 3. The molecule has 0 saturated carbocycles. The number of benzene rings is 2. The van der Waals surface area contributed by atoms with Gasteiger partial charge in [0.1, 0.15) is 0 Å². The van der Waals surface area contributed by atoms with Crippen molar-refractivity contribution < 1.29 is 13.6 Å². The molecule has 6 heteroatoms. The topological polar surface area (TPSA) is 56.9 Å². The van der Waals surface area contributed by atoms with E-state index in [-0.39, 0.29) is 12.5 Å². The van der Waals surface area contributed by atoms with Crippen LogP contribution >= 0.6 is 0 Å². The third-order valence-corrected chi connectivity index (χ3v) is 3.76. The summed E-state index contributed by atoms with van der Waals surface area (Å²) in [6.07, 6.45) is 2.65. The summed E-state index contributed by atoms with van der Waals surface area (Å²) in [5.41, 5.74) is 2.57. The van der Waals surface area contributed by atoms with Crippen LogP contribution in [0, 0.1) is 11.6 Å². The molecule has 0 atom stereocenters. The predicted octanol–water partition coefficient (Wildman–Crippen LogP) is 3.22. The Kier molecular flexibility index (Phi) is 4.74. The molecule has 3 rings (SSSR count). The first kappa shape index (κ1) is 16.0. The Balaban J connectivity index is 1.46. The number of aromatic nitrogens is 1. The standard InChI is InChI=1S/C18H17F2N3O/c19-15-6-5-13(9-16(15)20)22-11-18(24)21-8-7-12-10-23-17-4-2-1-3-14(12)17/h1-6,9-10,22-23H,7-8,11H2,(H,21,24). The molecule has 0 saturated heterocycles. The van der Waals surface area contributed by atoms with Gasteiger partial charge >= 0.3 is 0 Å². The molecule has 1 heterocycles. The van der Waals surface area contributed by atoms with Gasteiger partial charge in [-0.1, -0.05) is 18.2 Å². The maximum absolute atomic E-state index is 13.1. The molecule has 0 aliphatic carbocycles. The van der Waals surface area contributed by atoms with E-state index in [0.717, 1.165) is 28.6 Å². The van der Waals surface area contributed by atoms with Crippen molar-refractivity contribution in [1.29, 1.82) is 0 Å². The number of halogens is 2. The van der Waals surface area contributed by atoms with Crippen LogP contribution < -0.4 is 10.6 Å². The first-order valence-electron chi connectivity index (χ1n) is 7.64. The fourth-order valence-electron chi connectivity index (χ4n) is 2.53. The van der Waals surface area contributed by atoms with Gasteiger partial charge in [-0.2, -0.15) is 0 Å². The Labute approximate surface area is 137 Å². The average Bonchev–Trinajstić information content (AvgIpc) is 2.99. The first-order valence-corrected chi connectivity index (χ1v) is 7.64. The number of rotatable bonds is 6. The summed E-state index contributed by atoms with van der Waals surface area (Å²) in [6, 6.07) is 11.4. The SMILES string of the molecule is O=C(CNc1ccc(F)c(F)c1)NCCc1c[nH]c2ccccc12. The molecule has 3 aromatic rings. The Morgan fingerprint density at radius 3 is 2.75 bits per heavy atom. The van der Waals surface area contributed by atoms with Crippen LogP contribution in [0.25, 0.3) is 10.9 Å². The van der Waals surface area contributed by atoms with Gasteiger partial charge in [0.2, 0.25) is 5.91 Å². The monoisotopic (exact) mass is 329 g/mol. The zero-order chi connectivity index (χ0) is 16.9. The molecule has 3 N–H and O–H groups in total. The highest BCUT2D eigenvalue weighted by Gasteiger charge is 2.06. The number of H-pyrrole nitrogens is 1. The molecule has 0 unspecified atom stereocenters. The van der Waals surface area contributed by atoms with Gasteiger partial charge in [0.15, 0.2) is 11.6 Å². The number of aromatic amines is 1. The first-order chi connectivity index (χ1) is 11.6. The highest BCUT2D eigenvalue weighted by atomic mass is 19.2. The third-order valence-electron chi connectivity index (χ3n) is 3.76. The number of para-hydroxylation sites is 1. The summed E-state index contributed by atoms with van der Waals surface area (Å²) in [5, 5.41) is 6.70. The number of amides is 1. The van der Waals surface area contributed by atoms with Crippen LogP contribution in [-0.2, 0) is 11.2 Å². The predicted molar refractivity (Wildman–Crippen MR) is 89.9 cm³/mol. The number of nitrogens with one attached hydrogen (secondary N) is 3. The molecule has 0 spiro atoms. The fourth-order valence-corrected chi connectivity index (χ4v) is 2.53. The number of anilines is 1. The van der Waals surface area contributed by atoms with Crippen molar-refractivity contribution in [1.82, 2.24) is 10.3 Å². The van der Waals surface area contributed by atoms with E-state index < -0.39 is 11.6 Å². The Bertz CT molecular complexity index is 860. The lowest BCUT2D eigenvalue weighted by atomic mass is 10.1. The highest BCUT2D eigenvalue weighted by molar-refractivity contribution is 5.83. The molecule has 1 aromatic heterocycles. The molecule has 0 bridgehead atoms. The van der Waals surface area contributed by atoms with Crippen LogP contribution in [0.2, 0.25) is 0 Å². The number of carbonyl (C=O) groups is 1. The highest BCUT2D eigenvalue weighted by Crippen LogP contribution is 2.17. The van der Waals surface area contributed by atoms with Crippen molar-refractivity contribution in [3.05, 3.63) is 65.9 Å². The molecular weight excluding hydrogens is 312 g/mol. The lowest BCUT2D eigenvalue weighted by Crippen LogP contribution is -2.31. The zero-order valence-corrected chi connectivity index (χ0v) is 12.9. The quantitative estimate of drug-likeness (QED) is 0.650. The Hall–Kier alpha value is -2.89. The summed E-state index contributed by atoms with van der Waals surface area (Å²) >= 11 is 0. The second kappa shape index (κ2) is 7.12. The molecule has 0 radical (unpaired) electrons. The van der Waals surface area contributed by atoms with Crippen molar-refractivity contribution in [3.63, 3.8) is 0 Å². The number of carbonyl (C=O) groups excluding carboxylic acids is 1. The second-order valence-corrected chi connectivity index (χ2v) is 5.44. The molecule has 0 fully saturated rings. The van der Waals surface area contributed by atoms with Gasteiger partial charge in [-0.05, 0) is 30.2 Å². The molecule has 24 heavy (non-hydrogen) atoms. The molecule has 4 nitrogen and oxygen atoms in total. The maximum atomic E-state index is 13.1. The van der Waals surface area contributed by atoms with E-state index in [1.54, 1.807) is 0 Å². The second-order valence-electron chi connectivity index (χ2n) is 5.44. The van der Waals surface area contributed by atoms with Crippen molar-refractivity contribution in [2.24, 2.45) is 0 Å². The summed E-state index contributed by atoms with van der Waals surface area (Å²) in [5.74, 6) is -2.07. The molecule has 0 aliphatic rings. The Morgan fingerprint density at radius 2 is 1.92 bits per heavy atom. The normalized spacial score (nSPS) is 10.8. The zero-order valence-electron chi connectivity index (χ0n) is 12.9. The minimum absolute atomic E-state index is 0.00103. The Morgan fingerprint density at radius 1 is 1.08 bits per heavy atom. The molecule has 2 aromatic carbocycles. The lowest BCUT2D eigenvalue weighted by molar-refractivity contribution is -0.119. The van der Waals surface area contributed by atoms with Gasteiger partial charge in [0.25, 0.3) is 0 Å². The van der Waals surface area contributed by atoms with E-state index in [2.05, 4.69) is 15.6 Å². The van der Waals surface area contributed by atoms with E-state index in [9.17, 15) is 13.6 Å². The molecular formula is C18H17F2N3O. The number of fused-ring (bicyclic) bond motifs is 1. The maximum Gasteiger partial charge on any atom is 0.239 e. The summed E-state index contributed by atoms with van der Waals surface area (Å²) in [7, 11) is 0. The molecule has 1 amide bonds. The van der Waals surface area contributed by atoms with Crippen LogP contribution in [0.5, 0.6) is 0 Å². The fraction of sp³-hybridized carbons (Fsp3) is 0.167. The van der Waals surface area contributed by atoms with Crippen LogP contribution in [0.3, 0.4) is 0 Å². The molecule has 124 valence electrons. The van der Waals surface area contributed by atoms with Crippen molar-refractivity contribution in [2.75, 3.05) is 18.4 Å². The van der Waals surface area contributed by atoms with Crippen molar-refractivity contribution >= 4 is 22.5 Å². The van der Waals surface area contributed by atoms with Crippen molar-refractivity contribution in [2.45, 2.75) is 6.42 Å². The van der Waals surface area contributed by atoms with E-state index >= 15 is 0 Å². The van der Waals surface area contributed by atoms with Crippen LogP contribution in [-0.4, -0.2) is 24.0 Å². The van der Waals surface area contributed by atoms with Gasteiger partial charge in [-0.15, -0.1) is 0 Å². The average molecular weight is 329 g/mol. The van der Waals surface area contributed by atoms with Gasteiger partial charge in [-0.3, -0.25) is 4.79 Å². The third kappa shape index (κ3) is 3.71. The van der Waals surface area contributed by atoms with Gasteiger partial charge in [-0.25, -0.2) is 8.78 Å². The van der Waals surface area contributed by atoms with E-state index in [1.165, 1.54) is 6.07 Å². The largest absolute Gasteiger partial charge is 0.376 e. The smallest absolute Gasteiger partial charge is 0.239 e. The number of hydrogen-bond acceptors (Lipinski definition) is 2. The summed E-state index contributed by atoms with van der Waals surface area (Å²) in [6.45, 7) is 0.499. The summed E-state index contributed by atoms with van der Waals surface area (Å²) < 4.78 is 25.9. The van der Waals surface area contributed by atoms with E-state index in [4.69, 9.17) is 0 Å². The van der Waals surface area contributed by atoms with E-state index in [1.807, 2.05) is 30.5 Å². The van der Waals surface area contributed by atoms with Gasteiger partial charge in [0, 0.05) is 35.4 Å². The van der Waals surface area contributed by atoms with Crippen molar-refractivity contribution in [3.8, 4) is 0 Å². The van der Waals surface area contributed by atoms with Crippen LogP contribution in [0.4, 0.5) is 14.5 Å². The lowest BCUT2D eigenvalue weighted by Gasteiger charge is -2.08. The molecule has 0 aliphatic heterocycles. The minimum atomic E-state index is -0.945. The minimum Gasteiger partial charge on any atom is -0.376 e. The van der Waals surface area contributed by atoms with Crippen LogP contribution in [0.1, 0.15) is 5.56 Å². The van der Waals surface area contributed by atoms with Gasteiger partial charge < -0.3 is 15.6 Å². The summed E-state index contributed by atoms with van der Waals surface area (Å²) in [4.78, 5) is 15.0. The van der Waals surface area contributed by atoms with E-state index in [0.29, 0.717) is 18.7 Å². The van der Waals surface area contributed by atoms with Gasteiger partial charge in [0.05, 0.1) is 6.54 Å².